The molecular weight excluding hydrogens is 226 g/mol. The van der Waals surface area contributed by atoms with Crippen LogP contribution in [0.4, 0.5) is 0 Å². The number of hydrogen-bond acceptors (Lipinski definition) is 2. The van der Waals surface area contributed by atoms with Gasteiger partial charge in [-0.05, 0) is 6.07 Å². The van der Waals surface area contributed by atoms with Crippen molar-refractivity contribution in [1.82, 2.24) is 9.99 Å². The Morgan fingerprint density at radius 1 is 1.56 bits per heavy atom. The number of nitrogens with one attached hydrogen (secondary N) is 1. The molecule has 4 nitrogen and oxygen atoms in total. The maximum absolute atomic E-state index is 10.7. The van der Waals surface area contributed by atoms with Gasteiger partial charge in [0.05, 0.1) is 12.8 Å². The average molecular weight is 239 g/mol. The summed E-state index contributed by atoms with van der Waals surface area (Å²) >= 11 is 0. The first kappa shape index (κ1) is 11.9. The van der Waals surface area contributed by atoms with Crippen molar-refractivity contribution in [3.63, 3.8) is 0 Å². The fourth-order valence-electron chi connectivity index (χ4n) is 1.80. The van der Waals surface area contributed by atoms with Gasteiger partial charge < -0.3 is 4.57 Å². The Morgan fingerprint density at radius 2 is 2.33 bits per heavy atom. The monoisotopic (exact) mass is 239 g/mol. The minimum Gasteiger partial charge on any atom is -0.335 e. The second kappa shape index (κ2) is 5.19. The van der Waals surface area contributed by atoms with Gasteiger partial charge >= 0.3 is 0 Å². The first-order valence-corrected chi connectivity index (χ1v) is 5.53. The Balaban J connectivity index is 2.42. The first-order valence-electron chi connectivity index (χ1n) is 5.53. The number of fused-ring (bicyclic) bond motifs is 1. The highest BCUT2D eigenvalue weighted by atomic mass is 16.2. The number of carbonyl (C=O) groups is 1. The summed E-state index contributed by atoms with van der Waals surface area (Å²) in [6.45, 7) is 1.92. The fraction of sp³-hybridized carbons (Fsp3) is 0.143. The number of amides is 1. The molecule has 0 aliphatic rings. The molecule has 0 saturated carbocycles. The van der Waals surface area contributed by atoms with Gasteiger partial charge in [0.25, 0.3) is 0 Å². The molecule has 4 heteroatoms. The number of rotatable bonds is 3. The highest BCUT2D eigenvalue weighted by Gasteiger charge is 2.05. The van der Waals surface area contributed by atoms with Crippen LogP contribution in [0.25, 0.3) is 10.9 Å². The number of hydrazone groups is 1. The quantitative estimate of drug-likeness (QED) is 0.495. The van der Waals surface area contributed by atoms with E-state index < -0.39 is 0 Å². The minimum atomic E-state index is -0.196. The number of carbonyl (C=O) groups excluding carboxylic acids is 1. The Morgan fingerprint density at radius 3 is 3.06 bits per heavy atom. The van der Waals surface area contributed by atoms with E-state index in [9.17, 15) is 4.79 Å². The lowest BCUT2D eigenvalue weighted by Gasteiger charge is -1.97. The highest BCUT2D eigenvalue weighted by molar-refractivity contribution is 5.99. The first-order chi connectivity index (χ1) is 8.72. The van der Waals surface area contributed by atoms with Crippen LogP contribution in [-0.4, -0.2) is 16.7 Å². The van der Waals surface area contributed by atoms with Crippen molar-refractivity contribution < 1.29 is 4.79 Å². The Kier molecular flexibility index (Phi) is 3.44. The van der Waals surface area contributed by atoms with Crippen LogP contribution in [0, 0.1) is 12.3 Å². The molecule has 0 aliphatic carbocycles. The van der Waals surface area contributed by atoms with Gasteiger partial charge in [-0.2, -0.15) is 5.10 Å². The molecular formula is C14H13N3O. The maximum Gasteiger partial charge on any atom is 0.236 e. The van der Waals surface area contributed by atoms with Gasteiger partial charge in [-0.25, -0.2) is 5.43 Å². The predicted octanol–water partition coefficient (Wildman–Crippen LogP) is 1.74. The summed E-state index contributed by atoms with van der Waals surface area (Å²) in [5, 5.41) is 4.93. The molecule has 0 saturated heterocycles. The van der Waals surface area contributed by atoms with Crippen LogP contribution in [0.1, 0.15) is 12.5 Å². The van der Waals surface area contributed by atoms with Crippen molar-refractivity contribution in [2.24, 2.45) is 5.10 Å². The van der Waals surface area contributed by atoms with E-state index in [2.05, 4.69) is 16.4 Å². The Hall–Kier alpha value is -2.54. The fourth-order valence-corrected chi connectivity index (χ4v) is 1.80. The van der Waals surface area contributed by atoms with E-state index in [-0.39, 0.29) is 5.91 Å². The molecule has 2 aromatic rings. The van der Waals surface area contributed by atoms with Gasteiger partial charge in [0, 0.05) is 29.6 Å². The lowest BCUT2D eigenvalue weighted by molar-refractivity contribution is -0.118. The van der Waals surface area contributed by atoms with Gasteiger partial charge in [-0.1, -0.05) is 24.1 Å². The summed E-state index contributed by atoms with van der Waals surface area (Å²) in [6, 6.07) is 7.92. The van der Waals surface area contributed by atoms with E-state index in [4.69, 9.17) is 6.42 Å². The van der Waals surface area contributed by atoms with Crippen molar-refractivity contribution in [1.29, 1.82) is 0 Å². The second-order valence-electron chi connectivity index (χ2n) is 3.86. The lowest BCUT2D eigenvalue weighted by Crippen LogP contribution is -2.12. The molecule has 0 spiro atoms. The van der Waals surface area contributed by atoms with Crippen LogP contribution >= 0.6 is 0 Å². The standard InChI is InChI=1S/C14H13N3O/c1-3-8-17-10-12(9-15-16-11(2)18)13-6-4-5-7-14(13)17/h1,4-7,9-10H,8H2,2H3,(H,16,18)/b15-9+. The molecule has 0 atom stereocenters. The molecule has 1 aromatic carbocycles. The minimum absolute atomic E-state index is 0.196. The van der Waals surface area contributed by atoms with E-state index in [1.165, 1.54) is 6.92 Å². The molecule has 1 heterocycles. The van der Waals surface area contributed by atoms with E-state index in [1.807, 2.05) is 35.0 Å². The predicted molar refractivity (Wildman–Crippen MR) is 72.2 cm³/mol. The van der Waals surface area contributed by atoms with Crippen LogP contribution < -0.4 is 5.43 Å². The molecule has 0 unspecified atom stereocenters. The van der Waals surface area contributed by atoms with E-state index in [0.717, 1.165) is 16.5 Å². The number of hydrogen-bond donors (Lipinski definition) is 1. The van der Waals surface area contributed by atoms with E-state index in [1.54, 1.807) is 6.21 Å². The number of para-hydroxylation sites is 1. The zero-order valence-corrected chi connectivity index (χ0v) is 10.1. The topological polar surface area (TPSA) is 46.4 Å². The zero-order valence-electron chi connectivity index (χ0n) is 10.1. The van der Waals surface area contributed by atoms with E-state index >= 15 is 0 Å². The third-order valence-electron chi connectivity index (χ3n) is 2.51. The third-order valence-corrected chi connectivity index (χ3v) is 2.51. The van der Waals surface area contributed by atoms with Crippen LogP contribution in [0.3, 0.4) is 0 Å². The van der Waals surface area contributed by atoms with Crippen molar-refractivity contribution in [3.8, 4) is 12.3 Å². The molecule has 2 rings (SSSR count). The van der Waals surface area contributed by atoms with Crippen LogP contribution in [-0.2, 0) is 11.3 Å². The smallest absolute Gasteiger partial charge is 0.236 e. The molecule has 1 N–H and O–H groups in total. The van der Waals surface area contributed by atoms with Gasteiger partial charge in [0.1, 0.15) is 0 Å². The Bertz CT molecular complexity index is 647. The number of aromatic nitrogens is 1. The van der Waals surface area contributed by atoms with Crippen molar-refractivity contribution in [3.05, 3.63) is 36.0 Å². The molecule has 1 amide bonds. The van der Waals surface area contributed by atoms with Crippen LogP contribution in [0.2, 0.25) is 0 Å². The van der Waals surface area contributed by atoms with Gasteiger partial charge in [0.2, 0.25) is 5.91 Å². The van der Waals surface area contributed by atoms with Gasteiger partial charge in [0.15, 0.2) is 0 Å². The SMILES string of the molecule is C#CCn1cc(/C=N/NC(C)=O)c2ccccc21. The molecule has 90 valence electrons. The Labute approximate surface area is 105 Å². The summed E-state index contributed by atoms with van der Waals surface area (Å²) in [4.78, 5) is 10.7. The number of nitrogens with zero attached hydrogens (tertiary/aromatic N) is 2. The summed E-state index contributed by atoms with van der Waals surface area (Å²) in [5.41, 5.74) is 4.36. The molecule has 0 radical (unpaired) electrons. The highest BCUT2D eigenvalue weighted by Crippen LogP contribution is 2.19. The molecule has 0 aliphatic heterocycles. The second-order valence-corrected chi connectivity index (χ2v) is 3.86. The number of terminal acetylenes is 1. The number of benzene rings is 1. The summed E-state index contributed by atoms with van der Waals surface area (Å²) in [6.07, 6.45) is 8.89. The normalized spacial score (nSPS) is 10.7. The van der Waals surface area contributed by atoms with E-state index in [0.29, 0.717) is 6.54 Å². The van der Waals surface area contributed by atoms with Crippen molar-refractivity contribution >= 4 is 23.0 Å². The molecule has 0 fully saturated rings. The molecule has 18 heavy (non-hydrogen) atoms. The van der Waals surface area contributed by atoms with Gasteiger partial charge in [-0.15, -0.1) is 6.42 Å². The van der Waals surface area contributed by atoms with Crippen LogP contribution in [0.5, 0.6) is 0 Å². The summed E-state index contributed by atoms with van der Waals surface area (Å²) < 4.78 is 1.98. The average Bonchev–Trinajstić information content (AvgIpc) is 2.69. The largest absolute Gasteiger partial charge is 0.335 e. The van der Waals surface area contributed by atoms with Crippen LogP contribution in [0.15, 0.2) is 35.6 Å². The molecule has 1 aromatic heterocycles. The van der Waals surface area contributed by atoms with Crippen molar-refractivity contribution in [2.45, 2.75) is 13.5 Å². The lowest BCUT2D eigenvalue weighted by atomic mass is 10.2. The third kappa shape index (κ3) is 2.41. The summed E-state index contributed by atoms with van der Waals surface area (Å²) in [5.74, 6) is 2.42. The zero-order chi connectivity index (χ0) is 13.0. The summed E-state index contributed by atoms with van der Waals surface area (Å²) in [7, 11) is 0. The maximum atomic E-state index is 10.7. The van der Waals surface area contributed by atoms with Crippen molar-refractivity contribution in [2.75, 3.05) is 0 Å². The van der Waals surface area contributed by atoms with Gasteiger partial charge in [-0.3, -0.25) is 4.79 Å². The molecule has 0 bridgehead atoms.